The smallest absolute Gasteiger partial charge is 0.193 e. The van der Waals surface area contributed by atoms with E-state index in [1.807, 2.05) is 0 Å². The number of nitrogens with one attached hydrogen (secondary N) is 1. The highest BCUT2D eigenvalue weighted by molar-refractivity contribution is 5.80. The molecule has 2 fully saturated rings. The molecular weight excluding hydrogens is 322 g/mol. The molecule has 2 rings (SSSR count). The number of hydrogen-bond acceptors (Lipinski definition) is 3. The van der Waals surface area contributed by atoms with E-state index in [0.29, 0.717) is 5.41 Å². The highest BCUT2D eigenvalue weighted by Crippen LogP contribution is 2.33. The summed E-state index contributed by atoms with van der Waals surface area (Å²) >= 11 is 0. The lowest BCUT2D eigenvalue weighted by atomic mass is 9.78. The molecule has 0 bridgehead atoms. The first-order chi connectivity index (χ1) is 12.6. The number of piperazine rings is 1. The van der Waals surface area contributed by atoms with Crippen molar-refractivity contribution in [1.82, 2.24) is 20.0 Å². The fraction of sp³-hybridized carbons (Fsp3) is 0.952. The van der Waals surface area contributed by atoms with Crippen molar-refractivity contribution in [1.29, 1.82) is 0 Å². The van der Waals surface area contributed by atoms with Crippen LogP contribution in [0.1, 0.15) is 59.3 Å². The molecule has 1 N–H and O–H groups in total. The monoisotopic (exact) mass is 365 g/mol. The van der Waals surface area contributed by atoms with Gasteiger partial charge in [-0.05, 0) is 58.0 Å². The van der Waals surface area contributed by atoms with Gasteiger partial charge in [0.25, 0.3) is 0 Å². The Morgan fingerprint density at radius 3 is 2.54 bits per heavy atom. The van der Waals surface area contributed by atoms with Crippen LogP contribution in [-0.4, -0.2) is 86.6 Å². The van der Waals surface area contributed by atoms with Crippen LogP contribution in [0.25, 0.3) is 0 Å². The van der Waals surface area contributed by atoms with Gasteiger partial charge < -0.3 is 20.0 Å². The normalized spacial score (nSPS) is 26.3. The molecule has 26 heavy (non-hydrogen) atoms. The van der Waals surface area contributed by atoms with Gasteiger partial charge in [0.15, 0.2) is 5.96 Å². The maximum Gasteiger partial charge on any atom is 0.193 e. The molecule has 2 saturated heterocycles. The zero-order valence-electron chi connectivity index (χ0n) is 17.9. The van der Waals surface area contributed by atoms with Gasteiger partial charge in [0.1, 0.15) is 0 Å². The molecule has 0 radical (unpaired) electrons. The summed E-state index contributed by atoms with van der Waals surface area (Å²) in [6.07, 6.45) is 7.73. The standard InChI is InChI=1S/C21H43N5/c1-5-10-21(3)11-9-14-26(19-21)20(22-6-2)23-12-7-8-13-25-17-15-24(4)16-18-25/h5-19H2,1-4H3,(H,22,23). The molecule has 0 spiro atoms. The summed E-state index contributed by atoms with van der Waals surface area (Å²) in [4.78, 5) is 12.5. The average Bonchev–Trinajstić information content (AvgIpc) is 2.62. The van der Waals surface area contributed by atoms with E-state index in [2.05, 4.69) is 47.8 Å². The summed E-state index contributed by atoms with van der Waals surface area (Å²) in [6, 6.07) is 0. The second kappa shape index (κ2) is 11.1. The van der Waals surface area contributed by atoms with Crippen molar-refractivity contribution >= 4 is 5.96 Å². The van der Waals surface area contributed by atoms with Crippen LogP contribution in [0, 0.1) is 5.41 Å². The van der Waals surface area contributed by atoms with Gasteiger partial charge in [-0.15, -0.1) is 0 Å². The minimum absolute atomic E-state index is 0.463. The Morgan fingerprint density at radius 1 is 1.08 bits per heavy atom. The predicted molar refractivity (Wildman–Crippen MR) is 113 cm³/mol. The first kappa shape index (κ1) is 21.5. The van der Waals surface area contributed by atoms with Crippen molar-refractivity contribution in [2.24, 2.45) is 10.4 Å². The van der Waals surface area contributed by atoms with Crippen LogP contribution in [0.5, 0.6) is 0 Å². The number of likely N-dealkylation sites (N-methyl/N-ethyl adjacent to an activating group) is 1. The van der Waals surface area contributed by atoms with Crippen molar-refractivity contribution in [2.75, 3.05) is 66.0 Å². The van der Waals surface area contributed by atoms with Gasteiger partial charge in [0.2, 0.25) is 0 Å². The topological polar surface area (TPSA) is 34.1 Å². The summed E-state index contributed by atoms with van der Waals surface area (Å²) in [6.45, 7) is 17.3. The molecule has 0 amide bonds. The number of hydrogen-bond donors (Lipinski definition) is 1. The zero-order valence-corrected chi connectivity index (χ0v) is 17.9. The molecule has 0 aliphatic carbocycles. The zero-order chi connectivity index (χ0) is 18.8. The quantitative estimate of drug-likeness (QED) is 0.407. The molecule has 5 nitrogen and oxygen atoms in total. The van der Waals surface area contributed by atoms with Crippen LogP contribution in [0.2, 0.25) is 0 Å². The molecule has 2 aliphatic rings. The molecule has 5 heteroatoms. The third kappa shape index (κ3) is 7.07. The number of aliphatic imine (C=N–C) groups is 1. The third-order valence-corrected chi connectivity index (χ3v) is 6.01. The molecule has 2 aliphatic heterocycles. The molecule has 1 atom stereocenters. The van der Waals surface area contributed by atoms with E-state index in [9.17, 15) is 0 Å². The predicted octanol–water partition coefficient (Wildman–Crippen LogP) is 2.88. The molecule has 2 heterocycles. The second-order valence-electron chi connectivity index (χ2n) is 8.67. The van der Waals surface area contributed by atoms with Crippen molar-refractivity contribution < 1.29 is 0 Å². The number of unbranched alkanes of at least 4 members (excludes halogenated alkanes) is 1. The van der Waals surface area contributed by atoms with E-state index < -0.39 is 0 Å². The highest BCUT2D eigenvalue weighted by Gasteiger charge is 2.31. The Hall–Kier alpha value is -0.810. The number of likely N-dealkylation sites (tertiary alicyclic amines) is 1. The van der Waals surface area contributed by atoms with Gasteiger partial charge in [0, 0.05) is 52.4 Å². The van der Waals surface area contributed by atoms with Crippen LogP contribution in [0.15, 0.2) is 4.99 Å². The summed E-state index contributed by atoms with van der Waals surface area (Å²) in [5, 5.41) is 3.54. The van der Waals surface area contributed by atoms with Gasteiger partial charge in [0.05, 0.1) is 0 Å². The molecule has 0 aromatic rings. The first-order valence-electron chi connectivity index (χ1n) is 11.0. The molecular formula is C21H43N5. The number of piperidine rings is 1. The molecule has 0 aromatic heterocycles. The SMILES string of the molecule is CCCC1(C)CCCN(C(=NCCCCN2CCN(C)CC2)NCC)C1. The van der Waals surface area contributed by atoms with Crippen LogP contribution in [0.3, 0.4) is 0 Å². The minimum Gasteiger partial charge on any atom is -0.357 e. The lowest BCUT2D eigenvalue weighted by molar-refractivity contribution is 0.142. The highest BCUT2D eigenvalue weighted by atomic mass is 15.3. The van der Waals surface area contributed by atoms with Crippen molar-refractivity contribution in [3.05, 3.63) is 0 Å². The third-order valence-electron chi connectivity index (χ3n) is 6.01. The van der Waals surface area contributed by atoms with E-state index in [1.165, 1.54) is 71.2 Å². The molecule has 152 valence electrons. The molecule has 0 saturated carbocycles. The number of rotatable bonds is 8. The van der Waals surface area contributed by atoms with Crippen molar-refractivity contribution in [2.45, 2.75) is 59.3 Å². The molecule has 0 aromatic carbocycles. The average molecular weight is 366 g/mol. The number of nitrogens with zero attached hydrogens (tertiary/aromatic N) is 4. The van der Waals surface area contributed by atoms with Crippen molar-refractivity contribution in [3.8, 4) is 0 Å². The van der Waals surface area contributed by atoms with Gasteiger partial charge in [-0.2, -0.15) is 0 Å². The Kier molecular flexibility index (Phi) is 9.20. The number of guanidine groups is 1. The minimum atomic E-state index is 0.463. The van der Waals surface area contributed by atoms with E-state index >= 15 is 0 Å². The summed E-state index contributed by atoms with van der Waals surface area (Å²) in [7, 11) is 2.22. The Bertz CT molecular complexity index is 413. The van der Waals surface area contributed by atoms with Gasteiger partial charge in [-0.25, -0.2) is 0 Å². The lowest BCUT2D eigenvalue weighted by Crippen LogP contribution is -2.49. The summed E-state index contributed by atoms with van der Waals surface area (Å²) in [5.41, 5.74) is 0.463. The maximum atomic E-state index is 4.96. The van der Waals surface area contributed by atoms with E-state index in [1.54, 1.807) is 0 Å². The van der Waals surface area contributed by atoms with E-state index in [4.69, 9.17) is 4.99 Å². The Morgan fingerprint density at radius 2 is 1.85 bits per heavy atom. The first-order valence-corrected chi connectivity index (χ1v) is 11.0. The van der Waals surface area contributed by atoms with E-state index in [0.717, 1.165) is 32.1 Å². The molecule has 1 unspecified atom stereocenters. The maximum absolute atomic E-state index is 4.96. The van der Waals surface area contributed by atoms with Crippen LogP contribution in [-0.2, 0) is 0 Å². The van der Waals surface area contributed by atoms with Gasteiger partial charge in [-0.1, -0.05) is 20.3 Å². The van der Waals surface area contributed by atoms with Crippen LogP contribution < -0.4 is 5.32 Å². The van der Waals surface area contributed by atoms with E-state index in [-0.39, 0.29) is 0 Å². The fourth-order valence-electron chi connectivity index (χ4n) is 4.43. The summed E-state index contributed by atoms with van der Waals surface area (Å²) in [5.74, 6) is 1.15. The Balaban J connectivity index is 1.75. The lowest BCUT2D eigenvalue weighted by Gasteiger charge is -2.42. The van der Waals surface area contributed by atoms with Crippen LogP contribution >= 0.6 is 0 Å². The fourth-order valence-corrected chi connectivity index (χ4v) is 4.43. The van der Waals surface area contributed by atoms with Gasteiger partial charge >= 0.3 is 0 Å². The largest absolute Gasteiger partial charge is 0.357 e. The Labute approximate surface area is 162 Å². The van der Waals surface area contributed by atoms with Gasteiger partial charge in [-0.3, -0.25) is 4.99 Å². The second-order valence-corrected chi connectivity index (χ2v) is 8.67. The summed E-state index contributed by atoms with van der Waals surface area (Å²) < 4.78 is 0. The van der Waals surface area contributed by atoms with Crippen molar-refractivity contribution in [3.63, 3.8) is 0 Å². The van der Waals surface area contributed by atoms with Crippen LogP contribution in [0.4, 0.5) is 0 Å².